The number of rotatable bonds is 3. The van der Waals surface area contributed by atoms with E-state index in [9.17, 15) is 14.3 Å². The van der Waals surface area contributed by atoms with E-state index in [0.717, 1.165) is 26.1 Å². The van der Waals surface area contributed by atoms with Crippen molar-refractivity contribution < 1.29 is 14.3 Å². The minimum absolute atomic E-state index is 0.331. The monoisotopic (exact) mass is 266 g/mol. The zero-order valence-corrected chi connectivity index (χ0v) is 11.0. The molecule has 1 aromatic rings. The summed E-state index contributed by atoms with van der Waals surface area (Å²) >= 11 is 0. The van der Waals surface area contributed by atoms with Gasteiger partial charge in [-0.25, -0.2) is 4.39 Å². The van der Waals surface area contributed by atoms with Gasteiger partial charge in [0.1, 0.15) is 11.9 Å². The van der Waals surface area contributed by atoms with Crippen LogP contribution < -0.4 is 5.32 Å². The van der Waals surface area contributed by atoms with E-state index < -0.39 is 12.0 Å². The molecule has 0 saturated carbocycles. The van der Waals surface area contributed by atoms with Crippen LogP contribution in [0.4, 0.5) is 4.39 Å². The van der Waals surface area contributed by atoms with Gasteiger partial charge in [0, 0.05) is 19.6 Å². The molecule has 0 radical (unpaired) electrons. The molecule has 2 N–H and O–H groups in total. The van der Waals surface area contributed by atoms with Gasteiger partial charge in [-0.1, -0.05) is 6.07 Å². The van der Waals surface area contributed by atoms with E-state index in [1.165, 1.54) is 12.1 Å². The fourth-order valence-corrected chi connectivity index (χ4v) is 2.56. The number of hydrogen-bond acceptors (Lipinski definition) is 3. The summed E-state index contributed by atoms with van der Waals surface area (Å²) in [4.78, 5) is 13.5. The molecule has 1 unspecified atom stereocenters. The first kappa shape index (κ1) is 14.0. The van der Waals surface area contributed by atoms with E-state index >= 15 is 0 Å². The van der Waals surface area contributed by atoms with Crippen molar-refractivity contribution in [2.45, 2.75) is 19.4 Å². The SMILES string of the molecule is Cc1cc(F)ccc1C(C(=O)O)N1CCCNCC1. The van der Waals surface area contributed by atoms with Gasteiger partial charge in [0.15, 0.2) is 0 Å². The van der Waals surface area contributed by atoms with Gasteiger partial charge >= 0.3 is 5.97 Å². The van der Waals surface area contributed by atoms with Crippen molar-refractivity contribution in [1.82, 2.24) is 10.2 Å². The van der Waals surface area contributed by atoms with Crippen LogP contribution in [0.3, 0.4) is 0 Å². The highest BCUT2D eigenvalue weighted by atomic mass is 19.1. The number of nitrogens with zero attached hydrogens (tertiary/aromatic N) is 1. The van der Waals surface area contributed by atoms with Gasteiger partial charge in [0.25, 0.3) is 0 Å². The van der Waals surface area contributed by atoms with Gasteiger partial charge in [-0.3, -0.25) is 9.69 Å². The van der Waals surface area contributed by atoms with Crippen LogP contribution >= 0.6 is 0 Å². The molecular formula is C14H19FN2O2. The second-order valence-electron chi connectivity index (χ2n) is 4.88. The van der Waals surface area contributed by atoms with Gasteiger partial charge in [-0.15, -0.1) is 0 Å². The standard InChI is InChI=1S/C14H19FN2O2/c1-10-9-11(15)3-4-12(10)13(14(18)19)17-7-2-5-16-6-8-17/h3-4,9,13,16H,2,5-8H2,1H3,(H,18,19). The van der Waals surface area contributed by atoms with E-state index in [1.54, 1.807) is 13.0 Å². The lowest BCUT2D eigenvalue weighted by Crippen LogP contribution is -2.37. The number of nitrogens with one attached hydrogen (secondary N) is 1. The Morgan fingerprint density at radius 1 is 1.42 bits per heavy atom. The van der Waals surface area contributed by atoms with Crippen LogP contribution in [0.1, 0.15) is 23.6 Å². The smallest absolute Gasteiger partial charge is 0.325 e. The first-order chi connectivity index (χ1) is 9.09. The van der Waals surface area contributed by atoms with Crippen molar-refractivity contribution in [1.29, 1.82) is 0 Å². The Bertz CT molecular complexity index is 457. The van der Waals surface area contributed by atoms with E-state index in [4.69, 9.17) is 0 Å². The van der Waals surface area contributed by atoms with Crippen LogP contribution in [0, 0.1) is 12.7 Å². The van der Waals surface area contributed by atoms with E-state index in [0.29, 0.717) is 17.7 Å². The largest absolute Gasteiger partial charge is 0.480 e. The molecule has 5 heteroatoms. The molecule has 0 spiro atoms. The van der Waals surface area contributed by atoms with Crippen molar-refractivity contribution in [3.63, 3.8) is 0 Å². The number of carbonyl (C=O) groups is 1. The molecule has 1 fully saturated rings. The highest BCUT2D eigenvalue weighted by Crippen LogP contribution is 2.25. The van der Waals surface area contributed by atoms with Crippen LogP contribution in [0.2, 0.25) is 0 Å². The van der Waals surface area contributed by atoms with Crippen molar-refractivity contribution in [2.75, 3.05) is 26.2 Å². The summed E-state index contributed by atoms with van der Waals surface area (Å²) < 4.78 is 13.1. The molecule has 0 bridgehead atoms. The maximum absolute atomic E-state index is 13.1. The Morgan fingerprint density at radius 3 is 2.89 bits per heavy atom. The molecule has 1 aromatic carbocycles. The first-order valence-corrected chi connectivity index (χ1v) is 6.53. The lowest BCUT2D eigenvalue weighted by Gasteiger charge is -2.28. The number of carboxylic acid groups (broad SMARTS) is 1. The van der Waals surface area contributed by atoms with Crippen LogP contribution in [0.15, 0.2) is 18.2 Å². The molecular weight excluding hydrogens is 247 g/mol. The second kappa shape index (κ2) is 6.12. The first-order valence-electron chi connectivity index (χ1n) is 6.53. The summed E-state index contributed by atoms with van der Waals surface area (Å²) in [5.74, 6) is -1.21. The minimum Gasteiger partial charge on any atom is -0.480 e. The number of aryl methyl sites for hydroxylation is 1. The molecule has 1 atom stereocenters. The molecule has 0 aromatic heterocycles. The molecule has 2 rings (SSSR count). The third-order valence-electron chi connectivity index (χ3n) is 3.50. The Hall–Kier alpha value is -1.46. The Kier molecular flexibility index (Phi) is 4.50. The fourth-order valence-electron chi connectivity index (χ4n) is 2.56. The molecule has 1 heterocycles. The van der Waals surface area contributed by atoms with Crippen molar-refractivity contribution in [3.8, 4) is 0 Å². The highest BCUT2D eigenvalue weighted by Gasteiger charge is 2.29. The number of hydrogen-bond donors (Lipinski definition) is 2. The summed E-state index contributed by atoms with van der Waals surface area (Å²) in [6, 6.07) is 3.61. The van der Waals surface area contributed by atoms with Crippen LogP contribution in [-0.4, -0.2) is 42.2 Å². The topological polar surface area (TPSA) is 52.6 Å². The predicted molar refractivity (Wildman–Crippen MR) is 70.6 cm³/mol. The van der Waals surface area contributed by atoms with Crippen LogP contribution in [-0.2, 0) is 4.79 Å². The molecule has 1 aliphatic rings. The number of aliphatic carboxylic acids is 1. The lowest BCUT2D eigenvalue weighted by atomic mass is 9.99. The maximum atomic E-state index is 13.1. The van der Waals surface area contributed by atoms with Crippen molar-refractivity contribution in [3.05, 3.63) is 35.1 Å². The molecule has 19 heavy (non-hydrogen) atoms. The molecule has 104 valence electrons. The second-order valence-corrected chi connectivity index (χ2v) is 4.88. The molecule has 0 aliphatic carbocycles. The molecule has 0 amide bonds. The van der Waals surface area contributed by atoms with E-state index in [-0.39, 0.29) is 5.82 Å². The summed E-state index contributed by atoms with van der Waals surface area (Å²) in [6.45, 7) is 4.87. The van der Waals surface area contributed by atoms with Crippen molar-refractivity contribution in [2.24, 2.45) is 0 Å². The van der Waals surface area contributed by atoms with E-state index in [2.05, 4.69) is 5.32 Å². The third kappa shape index (κ3) is 3.30. The van der Waals surface area contributed by atoms with Gasteiger partial charge in [-0.2, -0.15) is 0 Å². The minimum atomic E-state index is -0.878. The van der Waals surface area contributed by atoms with E-state index in [1.807, 2.05) is 4.90 Å². The van der Waals surface area contributed by atoms with Crippen LogP contribution in [0.25, 0.3) is 0 Å². The fraction of sp³-hybridized carbons (Fsp3) is 0.500. The third-order valence-corrected chi connectivity index (χ3v) is 3.50. The van der Waals surface area contributed by atoms with Gasteiger partial charge in [0.05, 0.1) is 0 Å². The lowest BCUT2D eigenvalue weighted by molar-refractivity contribution is -0.143. The normalized spacial score (nSPS) is 18.8. The van der Waals surface area contributed by atoms with Gasteiger partial charge < -0.3 is 10.4 Å². The van der Waals surface area contributed by atoms with Gasteiger partial charge in [0.2, 0.25) is 0 Å². The summed E-state index contributed by atoms with van der Waals surface area (Å²) in [5, 5.41) is 12.8. The van der Waals surface area contributed by atoms with Crippen molar-refractivity contribution >= 4 is 5.97 Å². The Morgan fingerprint density at radius 2 is 2.21 bits per heavy atom. The average Bonchev–Trinajstić information content (AvgIpc) is 2.61. The number of carboxylic acids is 1. The molecule has 1 aliphatic heterocycles. The summed E-state index contributed by atoms with van der Waals surface area (Å²) in [7, 11) is 0. The summed E-state index contributed by atoms with van der Waals surface area (Å²) in [6.07, 6.45) is 0.921. The van der Waals surface area contributed by atoms with Gasteiger partial charge in [-0.05, 0) is 43.1 Å². The Labute approximate surface area is 112 Å². The maximum Gasteiger partial charge on any atom is 0.325 e. The summed E-state index contributed by atoms with van der Waals surface area (Å²) in [5.41, 5.74) is 1.36. The number of halogens is 1. The quantitative estimate of drug-likeness (QED) is 0.871. The van der Waals surface area contributed by atoms with Crippen LogP contribution in [0.5, 0.6) is 0 Å². The average molecular weight is 266 g/mol. The zero-order chi connectivity index (χ0) is 13.8. The molecule has 4 nitrogen and oxygen atoms in total. The number of benzene rings is 1. The predicted octanol–water partition coefficient (Wildman–Crippen LogP) is 1.56. The Balaban J connectivity index is 2.30. The zero-order valence-electron chi connectivity index (χ0n) is 11.0. The highest BCUT2D eigenvalue weighted by molar-refractivity contribution is 5.76. The molecule has 1 saturated heterocycles.